The van der Waals surface area contributed by atoms with Crippen molar-refractivity contribution in [3.05, 3.63) is 75.7 Å². The van der Waals surface area contributed by atoms with Crippen molar-refractivity contribution in [2.24, 2.45) is 0 Å². The van der Waals surface area contributed by atoms with Crippen molar-refractivity contribution in [3.63, 3.8) is 0 Å². The maximum absolute atomic E-state index is 15.1. The van der Waals surface area contributed by atoms with E-state index in [-0.39, 0.29) is 34.4 Å². The summed E-state index contributed by atoms with van der Waals surface area (Å²) in [5, 5.41) is 23.2. The molecule has 1 aliphatic carbocycles. The molecule has 1 amide bonds. The largest absolute Gasteiger partial charge is 0.434 e. The van der Waals surface area contributed by atoms with Gasteiger partial charge in [-0.3, -0.25) is 4.79 Å². The van der Waals surface area contributed by atoms with Gasteiger partial charge in [0.05, 0.1) is 17.9 Å². The highest BCUT2D eigenvalue weighted by atomic mass is 19.3. The number of halogens is 3. The molecule has 0 radical (unpaired) electrons. The van der Waals surface area contributed by atoms with E-state index in [9.17, 15) is 9.90 Å². The highest BCUT2D eigenvalue weighted by molar-refractivity contribution is 6.02. The Morgan fingerprint density at radius 2 is 1.97 bits per heavy atom. The fourth-order valence-electron chi connectivity index (χ4n) is 4.60. The number of carbonyl (C=O) groups is 1. The number of hydrogen-bond acceptors (Lipinski definition) is 6. The smallest absolute Gasteiger partial charge is 0.290 e. The maximum atomic E-state index is 15.1. The van der Waals surface area contributed by atoms with Crippen LogP contribution in [0.15, 0.2) is 36.4 Å². The first-order valence-corrected chi connectivity index (χ1v) is 12.2. The number of fused-ring (bicyclic) bond motifs is 1. The van der Waals surface area contributed by atoms with Crippen LogP contribution in [0, 0.1) is 19.7 Å². The third-order valence-electron chi connectivity index (χ3n) is 6.67. The molecule has 5 rings (SSSR count). The van der Waals surface area contributed by atoms with Gasteiger partial charge in [-0.05, 0) is 62.6 Å². The zero-order chi connectivity index (χ0) is 26.3. The molecule has 7 nitrogen and oxygen atoms in total. The van der Waals surface area contributed by atoms with Crippen LogP contribution < -0.4 is 15.4 Å². The number of aliphatic hydroxyl groups excluding tert-OH is 1. The van der Waals surface area contributed by atoms with Crippen molar-refractivity contribution in [2.75, 3.05) is 11.9 Å². The summed E-state index contributed by atoms with van der Waals surface area (Å²) in [6.07, 6.45) is 1.40. The molecule has 2 aromatic carbocycles. The van der Waals surface area contributed by atoms with E-state index < -0.39 is 30.4 Å². The van der Waals surface area contributed by atoms with Gasteiger partial charge in [0, 0.05) is 5.56 Å². The van der Waals surface area contributed by atoms with E-state index in [0.717, 1.165) is 18.4 Å². The van der Waals surface area contributed by atoms with Gasteiger partial charge in [-0.25, -0.2) is 4.39 Å². The van der Waals surface area contributed by atoms with E-state index in [1.54, 1.807) is 31.2 Å². The van der Waals surface area contributed by atoms with Crippen LogP contribution in [-0.2, 0) is 12.3 Å². The fraction of sp³-hybridized carbons (Fsp3) is 0.370. The van der Waals surface area contributed by atoms with E-state index in [1.807, 2.05) is 6.92 Å². The molecule has 1 aliphatic heterocycles. The summed E-state index contributed by atoms with van der Waals surface area (Å²) in [6.45, 7) is 2.41. The number of aliphatic hydroxyl groups is 1. The molecule has 2 aliphatic rings. The van der Waals surface area contributed by atoms with Gasteiger partial charge in [-0.2, -0.15) is 8.78 Å². The van der Waals surface area contributed by atoms with Crippen LogP contribution in [0.5, 0.6) is 11.6 Å². The summed E-state index contributed by atoms with van der Waals surface area (Å²) in [5.74, 6) is -5.21. The average molecular weight is 513 g/mol. The van der Waals surface area contributed by atoms with Gasteiger partial charge in [0.25, 0.3) is 17.7 Å². The Labute approximate surface area is 212 Å². The number of anilines is 1. The minimum atomic E-state index is -3.35. The highest BCUT2D eigenvalue weighted by Gasteiger charge is 2.36. The topological polar surface area (TPSA) is 96.4 Å². The summed E-state index contributed by atoms with van der Waals surface area (Å²) >= 11 is 0. The number of amides is 1. The number of benzene rings is 2. The number of rotatable bonds is 7. The van der Waals surface area contributed by atoms with Gasteiger partial charge < -0.3 is 20.5 Å². The molecule has 1 atom stereocenters. The van der Waals surface area contributed by atoms with E-state index >= 15 is 13.2 Å². The minimum absolute atomic E-state index is 0.116. The van der Waals surface area contributed by atoms with E-state index in [0.29, 0.717) is 29.7 Å². The zero-order valence-corrected chi connectivity index (χ0v) is 20.4. The van der Waals surface area contributed by atoms with Crippen molar-refractivity contribution in [3.8, 4) is 11.6 Å². The Balaban J connectivity index is 1.46. The molecule has 194 valence electrons. The lowest BCUT2D eigenvalue weighted by molar-refractivity contribution is -0.00310. The first-order chi connectivity index (χ1) is 17.6. The molecule has 2 heterocycles. The van der Waals surface area contributed by atoms with Crippen LogP contribution in [0.1, 0.15) is 63.5 Å². The molecule has 1 fully saturated rings. The Kier molecular flexibility index (Phi) is 6.53. The predicted molar refractivity (Wildman–Crippen MR) is 131 cm³/mol. The summed E-state index contributed by atoms with van der Waals surface area (Å²) in [7, 11) is 0. The minimum Gasteiger partial charge on any atom is -0.434 e. The summed E-state index contributed by atoms with van der Waals surface area (Å²) in [5.41, 5.74) is 1.83. The van der Waals surface area contributed by atoms with E-state index in [4.69, 9.17) is 4.74 Å². The maximum Gasteiger partial charge on any atom is 0.290 e. The summed E-state index contributed by atoms with van der Waals surface area (Å²) in [4.78, 5) is 13.3. The number of aromatic nitrogens is 2. The van der Waals surface area contributed by atoms with Gasteiger partial charge >= 0.3 is 0 Å². The Bertz CT molecular complexity index is 1360. The summed E-state index contributed by atoms with van der Waals surface area (Å²) < 4.78 is 51.0. The van der Waals surface area contributed by atoms with Gasteiger partial charge in [0.1, 0.15) is 11.8 Å². The summed E-state index contributed by atoms with van der Waals surface area (Å²) in [6, 6.07) is 9.30. The van der Waals surface area contributed by atoms with Crippen LogP contribution in [0.2, 0.25) is 0 Å². The van der Waals surface area contributed by atoms with Crippen molar-refractivity contribution in [1.29, 1.82) is 0 Å². The first kappa shape index (κ1) is 25.0. The predicted octanol–water partition coefficient (Wildman–Crippen LogP) is 5.10. The van der Waals surface area contributed by atoms with Crippen LogP contribution >= 0.6 is 0 Å². The molecule has 1 aromatic heterocycles. The normalized spacial score (nSPS) is 17.1. The van der Waals surface area contributed by atoms with E-state index in [2.05, 4.69) is 20.8 Å². The van der Waals surface area contributed by atoms with Gasteiger partial charge in [0.2, 0.25) is 0 Å². The molecule has 0 saturated heterocycles. The SMILES string of the molecule is Cc1ccc(C(F)(F)CNC(=O)c2c(Oc3cccc(C4CC4)c3F)nnc3c2N[C@@H](O)CC3)c(C)c1. The van der Waals surface area contributed by atoms with Crippen molar-refractivity contribution in [2.45, 2.75) is 57.6 Å². The lowest BCUT2D eigenvalue weighted by Crippen LogP contribution is -2.37. The average Bonchev–Trinajstić information content (AvgIpc) is 3.69. The van der Waals surface area contributed by atoms with Crippen LogP contribution in [-0.4, -0.2) is 34.0 Å². The number of aryl methyl sites for hydroxylation is 3. The number of carbonyl (C=O) groups excluding carboxylic acids is 1. The third-order valence-corrected chi connectivity index (χ3v) is 6.67. The number of nitrogens with zero attached hydrogens (tertiary/aromatic N) is 2. The second kappa shape index (κ2) is 9.66. The number of nitrogens with one attached hydrogen (secondary N) is 2. The highest BCUT2D eigenvalue weighted by Crippen LogP contribution is 2.44. The molecule has 0 bridgehead atoms. The standard InChI is InChI=1S/C27H27F3N4O3/c1-14-6-9-18(15(2)12-14)27(29,30)13-31-25(36)22-24-19(10-11-21(35)32-24)33-34-26(22)37-20-5-3-4-17(23(20)28)16-7-8-16/h3-6,9,12,16,21,32,35H,7-8,10-11,13H2,1-2H3,(H,31,36)/t21-/m0/s1. The molecule has 1 saturated carbocycles. The molecule has 3 N–H and O–H groups in total. The molecule has 0 unspecified atom stereocenters. The van der Waals surface area contributed by atoms with Crippen molar-refractivity contribution in [1.82, 2.24) is 15.5 Å². The first-order valence-electron chi connectivity index (χ1n) is 12.2. The third kappa shape index (κ3) is 5.11. The van der Waals surface area contributed by atoms with Gasteiger partial charge in [0.15, 0.2) is 11.6 Å². The Hall–Kier alpha value is -3.66. The quantitative estimate of drug-likeness (QED) is 0.408. The second-order valence-corrected chi connectivity index (χ2v) is 9.64. The van der Waals surface area contributed by atoms with Crippen LogP contribution in [0.4, 0.5) is 18.9 Å². The zero-order valence-electron chi connectivity index (χ0n) is 20.4. The molecule has 37 heavy (non-hydrogen) atoms. The van der Waals surface area contributed by atoms with Gasteiger partial charge in [-0.1, -0.05) is 35.9 Å². The Morgan fingerprint density at radius 1 is 1.19 bits per heavy atom. The Morgan fingerprint density at radius 3 is 2.70 bits per heavy atom. The monoisotopic (exact) mass is 512 g/mol. The van der Waals surface area contributed by atoms with Crippen LogP contribution in [0.3, 0.4) is 0 Å². The fourth-order valence-corrected chi connectivity index (χ4v) is 4.60. The second-order valence-electron chi connectivity index (χ2n) is 9.64. The number of hydrogen-bond donors (Lipinski definition) is 3. The van der Waals surface area contributed by atoms with Crippen LogP contribution in [0.25, 0.3) is 0 Å². The lowest BCUT2D eigenvalue weighted by Gasteiger charge is -2.25. The van der Waals surface area contributed by atoms with Crippen molar-refractivity contribution >= 4 is 11.6 Å². The van der Waals surface area contributed by atoms with Gasteiger partial charge in [-0.15, -0.1) is 10.2 Å². The number of ether oxygens (including phenoxy) is 1. The number of alkyl halides is 2. The van der Waals surface area contributed by atoms with Crippen molar-refractivity contribution < 1.29 is 27.8 Å². The molecule has 3 aromatic rings. The molecule has 10 heteroatoms. The lowest BCUT2D eigenvalue weighted by atomic mass is 10.00. The van der Waals surface area contributed by atoms with E-state index in [1.165, 1.54) is 12.1 Å². The molecular formula is C27H27F3N4O3. The molecular weight excluding hydrogens is 485 g/mol. The molecule has 0 spiro atoms.